The van der Waals surface area contributed by atoms with Crippen LogP contribution in [0.3, 0.4) is 0 Å². The van der Waals surface area contributed by atoms with Gasteiger partial charge in [-0.2, -0.15) is 6.42 Å². The topological polar surface area (TPSA) is 37.4 Å². The standard InChI is InChI=1S/C12H17NO2S.Y/c1-5-11(3)13(4)16(14,15)12-9-7-6-8-10(12)2;/h6-9,11H,1,3,5H2,2,4H3;/q-2;. The SMILES string of the molecule is [CH2-]CC([CH2-])N(C)S(=O)(=O)c1ccccc1C.[Y]. The number of hydrogen-bond acceptors (Lipinski definition) is 2. The molecule has 0 amide bonds. The molecule has 1 radical (unpaired) electrons. The summed E-state index contributed by atoms with van der Waals surface area (Å²) >= 11 is 0. The minimum absolute atomic E-state index is 0. The van der Waals surface area contributed by atoms with Crippen LogP contribution in [0.5, 0.6) is 0 Å². The van der Waals surface area contributed by atoms with E-state index in [9.17, 15) is 8.42 Å². The van der Waals surface area contributed by atoms with Crippen LogP contribution in [0.4, 0.5) is 0 Å². The Kier molecular flexibility index (Phi) is 7.08. The van der Waals surface area contributed by atoms with Gasteiger partial charge in [-0.05, 0) is 25.6 Å². The van der Waals surface area contributed by atoms with Gasteiger partial charge in [0, 0.05) is 32.7 Å². The van der Waals surface area contributed by atoms with Gasteiger partial charge in [0.25, 0.3) is 0 Å². The van der Waals surface area contributed by atoms with Gasteiger partial charge in [-0.1, -0.05) is 18.2 Å². The van der Waals surface area contributed by atoms with Gasteiger partial charge in [0.05, 0.1) is 4.90 Å². The summed E-state index contributed by atoms with van der Waals surface area (Å²) < 4.78 is 25.7. The predicted octanol–water partition coefficient (Wildman–Crippen LogP) is 2.04. The van der Waals surface area contributed by atoms with E-state index in [0.717, 1.165) is 5.56 Å². The zero-order valence-corrected chi connectivity index (χ0v) is 13.9. The molecule has 0 heterocycles. The monoisotopic (exact) mass is 328 g/mol. The van der Waals surface area contributed by atoms with Crippen molar-refractivity contribution in [1.82, 2.24) is 4.31 Å². The van der Waals surface area contributed by atoms with Crippen LogP contribution in [0, 0.1) is 20.8 Å². The molecule has 1 atom stereocenters. The first-order valence-corrected chi connectivity index (χ1v) is 6.51. The first-order valence-electron chi connectivity index (χ1n) is 5.07. The van der Waals surface area contributed by atoms with Gasteiger partial charge in [0.15, 0.2) is 0 Å². The first kappa shape index (κ1) is 17.2. The van der Waals surface area contributed by atoms with Crippen LogP contribution in [0.2, 0.25) is 0 Å². The second-order valence-electron chi connectivity index (χ2n) is 3.73. The predicted molar refractivity (Wildman–Crippen MR) is 65.2 cm³/mol. The second-order valence-corrected chi connectivity index (χ2v) is 5.70. The molecule has 5 heteroatoms. The molecule has 1 aromatic rings. The Morgan fingerprint density at radius 2 is 1.88 bits per heavy atom. The minimum Gasteiger partial charge on any atom is -0.344 e. The maximum absolute atomic E-state index is 12.2. The molecule has 17 heavy (non-hydrogen) atoms. The molecule has 0 saturated heterocycles. The van der Waals surface area contributed by atoms with Gasteiger partial charge in [-0.25, -0.2) is 12.7 Å². The van der Waals surface area contributed by atoms with Crippen molar-refractivity contribution in [3.05, 3.63) is 43.7 Å². The van der Waals surface area contributed by atoms with Gasteiger partial charge in [0.2, 0.25) is 10.0 Å². The van der Waals surface area contributed by atoms with Crippen molar-refractivity contribution in [3.8, 4) is 0 Å². The Morgan fingerprint density at radius 3 is 2.35 bits per heavy atom. The first-order chi connectivity index (χ1) is 7.41. The van der Waals surface area contributed by atoms with E-state index in [1.54, 1.807) is 25.1 Å². The fraction of sp³-hybridized carbons (Fsp3) is 0.333. The molecule has 0 fully saturated rings. The van der Waals surface area contributed by atoms with Crippen molar-refractivity contribution in [1.29, 1.82) is 0 Å². The Hall–Kier alpha value is 0.234. The van der Waals surface area contributed by atoms with Crippen molar-refractivity contribution in [2.24, 2.45) is 0 Å². The van der Waals surface area contributed by atoms with Crippen molar-refractivity contribution in [2.45, 2.75) is 24.3 Å². The molecular formula is C12H17NO2SY-2. The largest absolute Gasteiger partial charge is 0.344 e. The number of rotatable bonds is 4. The Bertz CT molecular complexity index is 459. The molecule has 0 N–H and O–H groups in total. The summed E-state index contributed by atoms with van der Waals surface area (Å²) in [6.45, 7) is 9.21. The molecular weight excluding hydrogens is 311 g/mol. The molecule has 0 aromatic heterocycles. The van der Waals surface area contributed by atoms with Gasteiger partial charge in [-0.15, -0.1) is 6.04 Å². The summed E-state index contributed by atoms with van der Waals surface area (Å²) in [6.07, 6.45) is 0.446. The van der Waals surface area contributed by atoms with Gasteiger partial charge >= 0.3 is 0 Å². The van der Waals surface area contributed by atoms with Crippen molar-refractivity contribution in [2.75, 3.05) is 7.05 Å². The number of hydrogen-bond donors (Lipinski definition) is 0. The fourth-order valence-corrected chi connectivity index (χ4v) is 2.91. The van der Waals surface area contributed by atoms with E-state index in [1.165, 1.54) is 11.4 Å². The van der Waals surface area contributed by atoms with E-state index in [-0.39, 0.29) is 38.8 Å². The smallest absolute Gasteiger partial charge is 0.240 e. The van der Waals surface area contributed by atoms with Crippen molar-refractivity contribution in [3.63, 3.8) is 0 Å². The van der Waals surface area contributed by atoms with E-state index >= 15 is 0 Å². The summed E-state index contributed by atoms with van der Waals surface area (Å²) in [5.41, 5.74) is 0.741. The van der Waals surface area contributed by atoms with Crippen molar-refractivity contribution < 1.29 is 41.1 Å². The normalized spacial score (nSPS) is 13.2. The Balaban J connectivity index is 0.00000256. The third-order valence-electron chi connectivity index (χ3n) is 2.60. The molecule has 0 aliphatic heterocycles. The van der Waals surface area contributed by atoms with Crippen molar-refractivity contribution >= 4 is 10.0 Å². The second kappa shape index (κ2) is 6.98. The maximum atomic E-state index is 12.2. The van der Waals surface area contributed by atoms with E-state index < -0.39 is 10.0 Å². The maximum Gasteiger partial charge on any atom is 0.240 e. The molecule has 93 valence electrons. The summed E-state index contributed by atoms with van der Waals surface area (Å²) in [5.74, 6) is 0. The van der Waals surface area contributed by atoms with Crippen LogP contribution >= 0.6 is 0 Å². The molecule has 0 spiro atoms. The zero-order chi connectivity index (χ0) is 12.3. The molecule has 1 rings (SSSR count). The van der Waals surface area contributed by atoms with Gasteiger partial charge in [0.1, 0.15) is 0 Å². The molecule has 0 saturated carbocycles. The van der Waals surface area contributed by atoms with E-state index in [1.807, 2.05) is 6.07 Å². The summed E-state index contributed by atoms with van der Waals surface area (Å²) in [5, 5.41) is 0. The number of benzene rings is 1. The van der Waals surface area contributed by atoms with E-state index in [2.05, 4.69) is 13.8 Å². The summed E-state index contributed by atoms with van der Waals surface area (Å²) in [4.78, 5) is 0.333. The van der Waals surface area contributed by atoms with E-state index in [4.69, 9.17) is 0 Å². The van der Waals surface area contributed by atoms with E-state index in [0.29, 0.717) is 11.3 Å². The summed E-state index contributed by atoms with van der Waals surface area (Å²) in [6, 6.07) is 6.58. The Labute approximate surface area is 130 Å². The van der Waals surface area contributed by atoms with Gasteiger partial charge in [-0.3, -0.25) is 0 Å². The van der Waals surface area contributed by atoms with Crippen LogP contribution in [0.25, 0.3) is 0 Å². The van der Waals surface area contributed by atoms with Crippen LogP contribution in [0.15, 0.2) is 29.2 Å². The molecule has 1 aromatic carbocycles. The fourth-order valence-electron chi connectivity index (χ4n) is 1.38. The number of aryl methyl sites for hydroxylation is 1. The third kappa shape index (κ3) is 3.85. The molecule has 0 aliphatic carbocycles. The quantitative estimate of drug-likeness (QED) is 0.793. The number of nitrogens with zero attached hydrogens (tertiary/aromatic N) is 1. The zero-order valence-electron chi connectivity index (χ0n) is 10.3. The number of sulfonamides is 1. The molecule has 1 unspecified atom stereocenters. The molecule has 3 nitrogen and oxygen atoms in total. The Morgan fingerprint density at radius 1 is 1.35 bits per heavy atom. The van der Waals surface area contributed by atoms with Crippen LogP contribution in [0.1, 0.15) is 12.0 Å². The minimum atomic E-state index is -3.45. The van der Waals surface area contributed by atoms with Gasteiger partial charge < -0.3 is 13.8 Å². The third-order valence-corrected chi connectivity index (χ3v) is 4.67. The molecule has 0 aliphatic rings. The summed E-state index contributed by atoms with van der Waals surface area (Å²) in [7, 11) is -1.92. The average Bonchev–Trinajstić information content (AvgIpc) is 2.27. The average molecular weight is 328 g/mol. The van der Waals surface area contributed by atoms with Crippen LogP contribution in [-0.2, 0) is 42.7 Å². The molecule has 0 bridgehead atoms. The van der Waals surface area contributed by atoms with Crippen LogP contribution < -0.4 is 0 Å². The van der Waals surface area contributed by atoms with Crippen LogP contribution in [-0.4, -0.2) is 25.8 Å².